The van der Waals surface area contributed by atoms with Crippen molar-refractivity contribution in [1.82, 2.24) is 5.32 Å². The van der Waals surface area contributed by atoms with Crippen molar-refractivity contribution < 1.29 is 13.2 Å². The molecule has 0 heterocycles. The fourth-order valence-electron chi connectivity index (χ4n) is 3.29. The predicted octanol–water partition coefficient (Wildman–Crippen LogP) is 5.24. The quantitative estimate of drug-likeness (QED) is 0.784. The third-order valence-electron chi connectivity index (χ3n) is 4.41. The van der Waals surface area contributed by atoms with Crippen LogP contribution in [0.15, 0.2) is 30.3 Å². The normalized spacial score (nSPS) is 24.8. The predicted molar refractivity (Wildman–Crippen MR) is 79.0 cm³/mol. The van der Waals surface area contributed by atoms with Gasteiger partial charge in [0, 0.05) is 6.04 Å². The molecule has 1 saturated carbocycles. The van der Waals surface area contributed by atoms with Gasteiger partial charge in [-0.1, -0.05) is 50.1 Å². The molecule has 1 aromatic carbocycles. The zero-order valence-electron chi connectivity index (χ0n) is 12.5. The van der Waals surface area contributed by atoms with Crippen LogP contribution in [0.25, 0.3) is 0 Å². The third-order valence-corrected chi connectivity index (χ3v) is 4.41. The van der Waals surface area contributed by atoms with E-state index >= 15 is 0 Å². The average Bonchev–Trinajstić information content (AvgIpc) is 2.46. The monoisotopic (exact) mass is 299 g/mol. The van der Waals surface area contributed by atoms with Crippen molar-refractivity contribution in [2.45, 2.75) is 63.7 Å². The number of benzene rings is 1. The van der Waals surface area contributed by atoms with Crippen molar-refractivity contribution in [3.05, 3.63) is 35.9 Å². The van der Waals surface area contributed by atoms with Gasteiger partial charge < -0.3 is 0 Å². The van der Waals surface area contributed by atoms with Crippen LogP contribution in [0.2, 0.25) is 0 Å². The minimum absolute atomic E-state index is 0.0232. The topological polar surface area (TPSA) is 12.0 Å². The van der Waals surface area contributed by atoms with Crippen LogP contribution < -0.4 is 5.32 Å². The molecule has 1 fully saturated rings. The van der Waals surface area contributed by atoms with E-state index in [4.69, 9.17) is 0 Å². The van der Waals surface area contributed by atoms with Crippen LogP contribution in [0.3, 0.4) is 0 Å². The van der Waals surface area contributed by atoms with Gasteiger partial charge in [-0.05, 0) is 37.2 Å². The summed E-state index contributed by atoms with van der Waals surface area (Å²) >= 11 is 0. The van der Waals surface area contributed by atoms with Gasteiger partial charge in [-0.15, -0.1) is 0 Å². The number of halogens is 3. The second-order valence-electron chi connectivity index (χ2n) is 6.06. The van der Waals surface area contributed by atoms with E-state index in [2.05, 4.69) is 12.2 Å². The zero-order valence-corrected chi connectivity index (χ0v) is 12.5. The molecule has 0 aromatic heterocycles. The largest absolute Gasteiger partial charge is 0.407 e. The van der Waals surface area contributed by atoms with Crippen molar-refractivity contribution in [3.63, 3.8) is 0 Å². The Balaban J connectivity index is 1.98. The summed E-state index contributed by atoms with van der Waals surface area (Å²) in [6, 6.07) is 6.59. The summed E-state index contributed by atoms with van der Waals surface area (Å²) in [6.45, 7) is 2.17. The summed E-state index contributed by atoms with van der Waals surface area (Å²) in [5, 5.41) is 2.85. The van der Waals surface area contributed by atoms with E-state index in [1.165, 1.54) is 6.42 Å². The first kappa shape index (κ1) is 16.3. The molecular weight excluding hydrogens is 275 g/mol. The van der Waals surface area contributed by atoms with Gasteiger partial charge in [0.1, 0.15) is 6.04 Å². The summed E-state index contributed by atoms with van der Waals surface area (Å²) in [4.78, 5) is 0. The zero-order chi connectivity index (χ0) is 15.3. The molecule has 0 saturated heterocycles. The average molecular weight is 299 g/mol. The lowest BCUT2D eigenvalue weighted by Gasteiger charge is -2.33. The van der Waals surface area contributed by atoms with Gasteiger partial charge in [-0.3, -0.25) is 5.32 Å². The van der Waals surface area contributed by atoms with E-state index in [-0.39, 0.29) is 6.04 Å². The molecule has 0 bridgehead atoms. The van der Waals surface area contributed by atoms with Gasteiger partial charge in [-0.25, -0.2) is 0 Å². The Morgan fingerprint density at radius 2 is 1.71 bits per heavy atom. The van der Waals surface area contributed by atoms with Gasteiger partial charge in [0.15, 0.2) is 0 Å². The van der Waals surface area contributed by atoms with E-state index in [1.807, 2.05) is 0 Å². The molecule has 1 aliphatic carbocycles. The van der Waals surface area contributed by atoms with Crippen LogP contribution in [-0.2, 0) is 0 Å². The number of hydrogen-bond acceptors (Lipinski definition) is 1. The van der Waals surface area contributed by atoms with Gasteiger partial charge in [0.2, 0.25) is 0 Å². The molecule has 0 amide bonds. The maximum atomic E-state index is 13.3. The number of alkyl halides is 3. The first-order valence-electron chi connectivity index (χ1n) is 7.88. The molecule has 0 spiro atoms. The van der Waals surface area contributed by atoms with E-state index in [0.717, 1.165) is 32.1 Å². The molecule has 1 unspecified atom stereocenters. The first-order valence-corrected chi connectivity index (χ1v) is 7.88. The molecule has 2 rings (SSSR count). The summed E-state index contributed by atoms with van der Waals surface area (Å²) in [5.74, 6) is 0.703. The van der Waals surface area contributed by atoms with Crippen LogP contribution in [0.1, 0.15) is 57.1 Å². The lowest BCUT2D eigenvalue weighted by atomic mass is 9.83. The van der Waals surface area contributed by atoms with Crippen LogP contribution in [0.5, 0.6) is 0 Å². The molecule has 118 valence electrons. The van der Waals surface area contributed by atoms with Gasteiger partial charge in [0.25, 0.3) is 0 Å². The van der Waals surface area contributed by atoms with Crippen molar-refractivity contribution in [3.8, 4) is 0 Å². The van der Waals surface area contributed by atoms with Crippen LogP contribution in [-0.4, -0.2) is 12.2 Å². The second-order valence-corrected chi connectivity index (χ2v) is 6.06. The van der Waals surface area contributed by atoms with E-state index < -0.39 is 12.2 Å². The Hall–Kier alpha value is -1.03. The Morgan fingerprint density at radius 3 is 2.24 bits per heavy atom. The van der Waals surface area contributed by atoms with E-state index in [0.29, 0.717) is 11.5 Å². The fraction of sp³-hybridized carbons (Fsp3) is 0.647. The molecule has 0 radical (unpaired) electrons. The van der Waals surface area contributed by atoms with Crippen molar-refractivity contribution >= 4 is 0 Å². The van der Waals surface area contributed by atoms with Crippen molar-refractivity contribution in [2.24, 2.45) is 5.92 Å². The molecule has 4 heteroatoms. The smallest absolute Gasteiger partial charge is 0.300 e. The molecule has 1 N–H and O–H groups in total. The molecule has 1 atom stereocenters. The molecule has 21 heavy (non-hydrogen) atoms. The molecule has 1 nitrogen and oxygen atoms in total. The SMILES string of the molecule is CCCC1CCC(NC(c2ccccc2)C(F)(F)F)CC1. The number of hydrogen-bond donors (Lipinski definition) is 1. The van der Waals surface area contributed by atoms with Gasteiger partial charge in [-0.2, -0.15) is 13.2 Å². The summed E-state index contributed by atoms with van der Waals surface area (Å²) < 4.78 is 39.9. The van der Waals surface area contributed by atoms with Crippen LogP contribution >= 0.6 is 0 Å². The Kier molecular flexibility index (Phi) is 5.68. The van der Waals surface area contributed by atoms with Crippen molar-refractivity contribution in [1.29, 1.82) is 0 Å². The van der Waals surface area contributed by atoms with Crippen molar-refractivity contribution in [2.75, 3.05) is 0 Å². The maximum Gasteiger partial charge on any atom is 0.407 e. The highest BCUT2D eigenvalue weighted by Gasteiger charge is 2.42. The van der Waals surface area contributed by atoms with Gasteiger partial charge in [0.05, 0.1) is 0 Å². The van der Waals surface area contributed by atoms with E-state index in [1.54, 1.807) is 30.3 Å². The van der Waals surface area contributed by atoms with E-state index in [9.17, 15) is 13.2 Å². The Labute approximate surface area is 124 Å². The maximum absolute atomic E-state index is 13.3. The lowest BCUT2D eigenvalue weighted by molar-refractivity contribution is -0.160. The number of rotatable bonds is 5. The van der Waals surface area contributed by atoms with Crippen LogP contribution in [0, 0.1) is 5.92 Å². The molecule has 1 aromatic rings. The molecular formula is C17H24F3N. The lowest BCUT2D eigenvalue weighted by Crippen LogP contribution is -2.42. The standard InChI is InChI=1S/C17H24F3N/c1-2-6-13-9-11-15(12-10-13)21-16(17(18,19)20)14-7-4-3-5-8-14/h3-5,7-8,13,15-16,21H,2,6,9-12H2,1H3. The minimum Gasteiger partial charge on any atom is -0.300 e. The third kappa shape index (κ3) is 4.73. The second kappa shape index (κ2) is 7.30. The number of nitrogens with one attached hydrogen (secondary N) is 1. The highest BCUT2D eigenvalue weighted by Crippen LogP contribution is 2.35. The summed E-state index contributed by atoms with van der Waals surface area (Å²) in [6.07, 6.45) is 1.91. The summed E-state index contributed by atoms with van der Waals surface area (Å²) in [5.41, 5.74) is 0.306. The molecule has 1 aliphatic rings. The highest BCUT2D eigenvalue weighted by molar-refractivity contribution is 5.20. The Bertz CT molecular complexity index is 408. The fourth-order valence-corrected chi connectivity index (χ4v) is 3.29. The highest BCUT2D eigenvalue weighted by atomic mass is 19.4. The molecule has 0 aliphatic heterocycles. The van der Waals surface area contributed by atoms with Gasteiger partial charge >= 0.3 is 6.18 Å². The minimum atomic E-state index is -4.25. The summed E-state index contributed by atoms with van der Waals surface area (Å²) in [7, 11) is 0. The van der Waals surface area contributed by atoms with Crippen LogP contribution in [0.4, 0.5) is 13.2 Å². The first-order chi connectivity index (χ1) is 10.0. The Morgan fingerprint density at radius 1 is 1.10 bits per heavy atom.